The second-order valence-electron chi connectivity index (χ2n) is 4.72. The Morgan fingerprint density at radius 2 is 2.24 bits per heavy atom. The molecule has 0 bridgehead atoms. The summed E-state index contributed by atoms with van der Waals surface area (Å²) in [5.41, 5.74) is -0.220. The van der Waals surface area contributed by atoms with Crippen molar-refractivity contribution in [3.05, 3.63) is 16.1 Å². The van der Waals surface area contributed by atoms with Crippen LogP contribution in [0, 0.1) is 0 Å². The van der Waals surface area contributed by atoms with E-state index in [4.69, 9.17) is 5.11 Å². The van der Waals surface area contributed by atoms with E-state index in [0.29, 0.717) is 6.54 Å². The quantitative estimate of drug-likeness (QED) is 0.874. The minimum absolute atomic E-state index is 0.0599. The molecule has 1 aliphatic heterocycles. The molecule has 0 saturated carbocycles. The van der Waals surface area contributed by atoms with Gasteiger partial charge in [-0.05, 0) is 26.7 Å². The Kier molecular flexibility index (Phi) is 2.91. The molecule has 5 nitrogen and oxygen atoms in total. The lowest BCUT2D eigenvalue weighted by molar-refractivity contribution is 0.0651. The molecule has 1 fully saturated rings. The maximum absolute atomic E-state index is 12.2. The smallest absolute Gasteiger partial charge is 0.355 e. The van der Waals surface area contributed by atoms with Crippen LogP contribution >= 0.6 is 11.3 Å². The molecule has 6 heteroatoms. The molecule has 0 aliphatic carbocycles. The second-order valence-corrected chi connectivity index (χ2v) is 5.57. The SMILES string of the molecule is CC1(C)CCCN1C(=O)c1nc(C(=O)O)cs1. The van der Waals surface area contributed by atoms with E-state index < -0.39 is 5.97 Å². The zero-order chi connectivity index (χ0) is 12.6. The number of rotatable bonds is 2. The van der Waals surface area contributed by atoms with E-state index in [2.05, 4.69) is 4.98 Å². The van der Waals surface area contributed by atoms with Crippen molar-refractivity contribution < 1.29 is 14.7 Å². The van der Waals surface area contributed by atoms with Crippen molar-refractivity contribution in [2.24, 2.45) is 0 Å². The van der Waals surface area contributed by atoms with E-state index >= 15 is 0 Å². The highest BCUT2D eigenvalue weighted by Crippen LogP contribution is 2.30. The van der Waals surface area contributed by atoms with Crippen LogP contribution in [0.3, 0.4) is 0 Å². The largest absolute Gasteiger partial charge is 0.476 e. The van der Waals surface area contributed by atoms with Crippen molar-refractivity contribution in [3.8, 4) is 0 Å². The summed E-state index contributed by atoms with van der Waals surface area (Å²) in [7, 11) is 0. The van der Waals surface area contributed by atoms with Gasteiger partial charge in [0.05, 0.1) is 0 Å². The average molecular weight is 254 g/mol. The highest BCUT2D eigenvalue weighted by atomic mass is 32.1. The number of aromatic nitrogens is 1. The molecule has 2 rings (SSSR count). The van der Waals surface area contributed by atoms with Gasteiger partial charge >= 0.3 is 5.97 Å². The first kappa shape index (κ1) is 12.0. The Hall–Kier alpha value is -1.43. The van der Waals surface area contributed by atoms with Gasteiger partial charge in [0.2, 0.25) is 0 Å². The van der Waals surface area contributed by atoms with Gasteiger partial charge in [0, 0.05) is 17.5 Å². The predicted octanol–water partition coefficient (Wildman–Crippen LogP) is 1.86. The molecular weight excluding hydrogens is 240 g/mol. The fourth-order valence-electron chi connectivity index (χ4n) is 2.07. The molecule has 1 amide bonds. The molecule has 0 radical (unpaired) electrons. The van der Waals surface area contributed by atoms with Crippen molar-refractivity contribution in [3.63, 3.8) is 0 Å². The summed E-state index contributed by atoms with van der Waals surface area (Å²) in [6.07, 6.45) is 1.95. The normalized spacial score (nSPS) is 18.4. The molecule has 2 heterocycles. The number of carboxylic acids is 1. The van der Waals surface area contributed by atoms with E-state index in [1.54, 1.807) is 4.90 Å². The molecule has 1 saturated heterocycles. The lowest BCUT2D eigenvalue weighted by atomic mass is 10.0. The van der Waals surface area contributed by atoms with Crippen molar-refractivity contribution in [1.82, 2.24) is 9.88 Å². The van der Waals surface area contributed by atoms with Gasteiger partial charge < -0.3 is 10.0 Å². The van der Waals surface area contributed by atoms with E-state index in [-0.39, 0.29) is 22.1 Å². The number of likely N-dealkylation sites (tertiary alicyclic amines) is 1. The van der Waals surface area contributed by atoms with E-state index in [9.17, 15) is 9.59 Å². The van der Waals surface area contributed by atoms with Crippen LogP contribution in [0.25, 0.3) is 0 Å². The van der Waals surface area contributed by atoms with E-state index in [1.807, 2.05) is 13.8 Å². The lowest BCUT2D eigenvalue weighted by Crippen LogP contribution is -2.42. The Bertz CT molecular complexity index is 467. The summed E-state index contributed by atoms with van der Waals surface area (Å²) in [6, 6.07) is 0. The zero-order valence-corrected chi connectivity index (χ0v) is 10.6. The molecule has 0 atom stereocenters. The van der Waals surface area contributed by atoms with Crippen LogP contribution in [-0.2, 0) is 0 Å². The van der Waals surface area contributed by atoms with Crippen molar-refractivity contribution in [2.75, 3.05) is 6.54 Å². The summed E-state index contributed by atoms with van der Waals surface area (Å²) in [5.74, 6) is -1.26. The highest BCUT2D eigenvalue weighted by Gasteiger charge is 2.36. The number of hydrogen-bond donors (Lipinski definition) is 1. The van der Waals surface area contributed by atoms with Crippen LogP contribution < -0.4 is 0 Å². The number of thiazole rings is 1. The summed E-state index contributed by atoms with van der Waals surface area (Å²) >= 11 is 1.09. The van der Waals surface area contributed by atoms with Gasteiger partial charge in [0.25, 0.3) is 5.91 Å². The molecule has 1 N–H and O–H groups in total. The monoisotopic (exact) mass is 254 g/mol. The maximum atomic E-state index is 12.2. The Balaban J connectivity index is 2.22. The number of aromatic carboxylic acids is 1. The molecule has 0 spiro atoms. The van der Waals surface area contributed by atoms with E-state index in [1.165, 1.54) is 5.38 Å². The topological polar surface area (TPSA) is 70.5 Å². The number of carboxylic acid groups (broad SMARTS) is 1. The van der Waals surface area contributed by atoms with Crippen molar-refractivity contribution >= 4 is 23.2 Å². The third kappa shape index (κ3) is 2.17. The first-order chi connectivity index (χ1) is 7.92. The summed E-state index contributed by atoms with van der Waals surface area (Å²) in [5, 5.41) is 10.4. The van der Waals surface area contributed by atoms with Crippen molar-refractivity contribution in [1.29, 1.82) is 0 Å². The third-order valence-corrected chi connectivity index (χ3v) is 3.88. The minimum Gasteiger partial charge on any atom is -0.476 e. The van der Waals surface area contributed by atoms with Gasteiger partial charge in [-0.1, -0.05) is 0 Å². The van der Waals surface area contributed by atoms with Gasteiger partial charge in [-0.2, -0.15) is 0 Å². The molecule has 0 unspecified atom stereocenters. The van der Waals surface area contributed by atoms with Crippen LogP contribution in [0.5, 0.6) is 0 Å². The second kappa shape index (κ2) is 4.10. The zero-order valence-electron chi connectivity index (χ0n) is 9.77. The molecule has 0 aromatic carbocycles. The maximum Gasteiger partial charge on any atom is 0.355 e. The predicted molar refractivity (Wildman–Crippen MR) is 63.4 cm³/mol. The Labute approximate surface area is 103 Å². The average Bonchev–Trinajstić information content (AvgIpc) is 2.82. The van der Waals surface area contributed by atoms with Gasteiger partial charge in [-0.25, -0.2) is 9.78 Å². The first-order valence-electron chi connectivity index (χ1n) is 5.42. The van der Waals surface area contributed by atoms with Gasteiger partial charge in [0.1, 0.15) is 0 Å². The van der Waals surface area contributed by atoms with Gasteiger partial charge in [0.15, 0.2) is 10.7 Å². The van der Waals surface area contributed by atoms with Gasteiger partial charge in [-0.15, -0.1) is 11.3 Å². The highest BCUT2D eigenvalue weighted by molar-refractivity contribution is 7.11. The Morgan fingerprint density at radius 1 is 1.53 bits per heavy atom. The van der Waals surface area contributed by atoms with Crippen LogP contribution in [-0.4, -0.2) is 39.0 Å². The fourth-order valence-corrected chi connectivity index (χ4v) is 2.81. The molecule has 1 aliphatic rings. The summed E-state index contributed by atoms with van der Waals surface area (Å²) in [4.78, 5) is 28.5. The number of nitrogens with zero attached hydrogens (tertiary/aromatic N) is 2. The van der Waals surface area contributed by atoms with Gasteiger partial charge in [-0.3, -0.25) is 4.79 Å². The first-order valence-corrected chi connectivity index (χ1v) is 6.30. The number of carbonyl (C=O) groups is 2. The molecule has 17 heavy (non-hydrogen) atoms. The minimum atomic E-state index is -1.10. The lowest BCUT2D eigenvalue weighted by Gasteiger charge is -2.30. The molecular formula is C11H14N2O3S. The Morgan fingerprint density at radius 3 is 2.71 bits per heavy atom. The van der Waals surface area contributed by atoms with Crippen LogP contribution in [0.15, 0.2) is 5.38 Å². The van der Waals surface area contributed by atoms with E-state index in [0.717, 1.165) is 24.2 Å². The fraction of sp³-hybridized carbons (Fsp3) is 0.545. The summed E-state index contributed by atoms with van der Waals surface area (Å²) < 4.78 is 0. The number of amides is 1. The molecule has 1 aromatic rings. The standard InChI is InChI=1S/C11H14N2O3S/c1-11(2)4-3-5-13(11)9(14)8-12-7(6-17-8)10(15)16/h6H,3-5H2,1-2H3,(H,15,16). The molecule has 1 aromatic heterocycles. The van der Waals surface area contributed by atoms with Crippen LogP contribution in [0.2, 0.25) is 0 Å². The number of hydrogen-bond acceptors (Lipinski definition) is 4. The van der Waals surface area contributed by atoms with Crippen molar-refractivity contribution in [2.45, 2.75) is 32.2 Å². The van der Waals surface area contributed by atoms with Crippen LogP contribution in [0.4, 0.5) is 0 Å². The summed E-state index contributed by atoms with van der Waals surface area (Å²) in [6.45, 7) is 4.75. The number of carbonyl (C=O) groups excluding carboxylic acids is 1. The van der Waals surface area contributed by atoms with Crippen LogP contribution in [0.1, 0.15) is 47.0 Å². The molecule has 92 valence electrons. The third-order valence-electron chi connectivity index (χ3n) is 3.05.